The van der Waals surface area contributed by atoms with Crippen LogP contribution < -0.4 is 5.32 Å². The van der Waals surface area contributed by atoms with E-state index >= 15 is 0 Å². The monoisotopic (exact) mass is 281 g/mol. The average Bonchev–Trinajstić information content (AvgIpc) is 2.74. The smallest absolute Gasteiger partial charge is 0.263 e. The van der Waals surface area contributed by atoms with Crippen molar-refractivity contribution < 1.29 is 4.79 Å². The Balaban J connectivity index is 1.73. The highest BCUT2D eigenvalue weighted by Crippen LogP contribution is 2.20. The van der Waals surface area contributed by atoms with Crippen molar-refractivity contribution >= 4 is 17.2 Å². The van der Waals surface area contributed by atoms with Crippen LogP contribution in [0.3, 0.4) is 0 Å². The zero-order valence-electron chi connectivity index (χ0n) is 12.0. The number of piperidine rings is 1. The molecular weight excluding hydrogens is 258 g/mol. The zero-order valence-corrected chi connectivity index (χ0v) is 12.8. The molecule has 1 aromatic heterocycles. The molecule has 19 heavy (non-hydrogen) atoms. The molecule has 0 saturated carbocycles. The summed E-state index contributed by atoms with van der Waals surface area (Å²) in [6, 6.07) is 0. The Morgan fingerprint density at radius 3 is 2.74 bits per heavy atom. The van der Waals surface area contributed by atoms with E-state index in [0.717, 1.165) is 43.0 Å². The van der Waals surface area contributed by atoms with Gasteiger partial charge < -0.3 is 10.2 Å². The molecule has 0 spiro atoms. The van der Waals surface area contributed by atoms with Crippen molar-refractivity contribution in [2.75, 3.05) is 26.2 Å². The molecule has 0 aromatic carbocycles. The molecule has 1 aliphatic heterocycles. The molecule has 0 radical (unpaired) electrons. The minimum Gasteiger partial charge on any atom is -0.350 e. The van der Waals surface area contributed by atoms with E-state index < -0.39 is 0 Å². The first-order valence-corrected chi connectivity index (χ1v) is 7.79. The lowest BCUT2D eigenvalue weighted by atomic mass is 9.92. The van der Waals surface area contributed by atoms with Gasteiger partial charge in [0.05, 0.1) is 11.2 Å². The maximum Gasteiger partial charge on any atom is 0.263 e. The third-order valence-corrected chi connectivity index (χ3v) is 4.41. The van der Waals surface area contributed by atoms with E-state index in [9.17, 15) is 4.79 Å². The molecule has 1 N–H and O–H groups in total. The fourth-order valence-electron chi connectivity index (χ4n) is 2.86. The van der Waals surface area contributed by atoms with Gasteiger partial charge in [-0.3, -0.25) is 4.79 Å². The van der Waals surface area contributed by atoms with Crippen molar-refractivity contribution in [2.45, 2.75) is 27.2 Å². The summed E-state index contributed by atoms with van der Waals surface area (Å²) in [6.07, 6.45) is 2.98. The van der Waals surface area contributed by atoms with Gasteiger partial charge in [0.1, 0.15) is 4.88 Å². The molecule has 2 heterocycles. The van der Waals surface area contributed by atoms with Gasteiger partial charge in [-0.05, 0) is 25.2 Å². The minimum atomic E-state index is 0.00343. The van der Waals surface area contributed by atoms with Crippen LogP contribution in [0.2, 0.25) is 0 Å². The van der Waals surface area contributed by atoms with Crippen LogP contribution in [-0.2, 0) is 0 Å². The maximum absolute atomic E-state index is 11.9. The molecule has 1 amide bonds. The normalized spacial score (nSPS) is 24.4. The van der Waals surface area contributed by atoms with Crippen LogP contribution >= 0.6 is 11.3 Å². The molecule has 1 aliphatic rings. The van der Waals surface area contributed by atoms with Crippen LogP contribution in [0.4, 0.5) is 0 Å². The first-order valence-electron chi connectivity index (χ1n) is 6.97. The van der Waals surface area contributed by atoms with Crippen LogP contribution in [0.15, 0.2) is 6.20 Å². The molecule has 0 unspecified atom stereocenters. The van der Waals surface area contributed by atoms with Gasteiger partial charge in [-0.2, -0.15) is 0 Å². The third kappa shape index (κ3) is 4.28. The number of hydrogen-bond donors (Lipinski definition) is 1. The number of aryl methyl sites for hydroxylation is 1. The number of likely N-dealkylation sites (tertiary alicyclic amines) is 1. The van der Waals surface area contributed by atoms with Crippen LogP contribution in [0.1, 0.15) is 34.9 Å². The molecule has 2 atom stereocenters. The summed E-state index contributed by atoms with van der Waals surface area (Å²) >= 11 is 1.45. The number of hydrogen-bond acceptors (Lipinski definition) is 4. The van der Waals surface area contributed by atoms with E-state index in [2.05, 4.69) is 29.0 Å². The highest BCUT2D eigenvalue weighted by atomic mass is 32.1. The highest BCUT2D eigenvalue weighted by molar-refractivity contribution is 7.13. The van der Waals surface area contributed by atoms with Crippen molar-refractivity contribution in [3.63, 3.8) is 0 Å². The predicted octanol–water partition coefficient (Wildman–Crippen LogP) is 2.16. The second kappa shape index (κ2) is 6.48. The lowest BCUT2D eigenvalue weighted by molar-refractivity contribution is 0.0940. The summed E-state index contributed by atoms with van der Waals surface area (Å²) in [7, 11) is 0. The van der Waals surface area contributed by atoms with Gasteiger partial charge in [-0.25, -0.2) is 4.98 Å². The van der Waals surface area contributed by atoms with E-state index in [1.54, 1.807) is 6.20 Å². The Hall–Kier alpha value is -0.940. The molecule has 1 saturated heterocycles. The zero-order chi connectivity index (χ0) is 13.8. The van der Waals surface area contributed by atoms with Crippen molar-refractivity contribution in [3.05, 3.63) is 16.1 Å². The van der Waals surface area contributed by atoms with E-state index in [-0.39, 0.29) is 5.91 Å². The number of carbonyl (C=O) groups is 1. The van der Waals surface area contributed by atoms with Crippen LogP contribution in [-0.4, -0.2) is 42.0 Å². The Morgan fingerprint density at radius 2 is 2.16 bits per heavy atom. The molecule has 1 fully saturated rings. The maximum atomic E-state index is 11.9. The number of rotatable bonds is 4. The number of amides is 1. The first kappa shape index (κ1) is 14.5. The Bertz CT molecular complexity index is 422. The predicted molar refractivity (Wildman–Crippen MR) is 78.6 cm³/mol. The topological polar surface area (TPSA) is 45.2 Å². The van der Waals surface area contributed by atoms with E-state index in [1.807, 2.05) is 6.92 Å². The second-order valence-electron chi connectivity index (χ2n) is 5.71. The van der Waals surface area contributed by atoms with Crippen LogP contribution in [0, 0.1) is 18.8 Å². The summed E-state index contributed by atoms with van der Waals surface area (Å²) in [5.74, 6) is 1.54. The number of thiazole rings is 1. The van der Waals surface area contributed by atoms with Gasteiger partial charge >= 0.3 is 0 Å². The van der Waals surface area contributed by atoms with Crippen molar-refractivity contribution in [1.82, 2.24) is 15.2 Å². The number of carbonyl (C=O) groups excluding carboxylic acids is 1. The summed E-state index contributed by atoms with van der Waals surface area (Å²) in [5.41, 5.74) is 0. The molecule has 0 bridgehead atoms. The van der Waals surface area contributed by atoms with Gasteiger partial charge in [-0.1, -0.05) is 13.8 Å². The number of nitrogens with one attached hydrogen (secondary N) is 1. The molecule has 106 valence electrons. The quantitative estimate of drug-likeness (QED) is 0.920. The minimum absolute atomic E-state index is 0.00343. The van der Waals surface area contributed by atoms with Gasteiger partial charge in [0.2, 0.25) is 0 Å². The molecule has 0 aliphatic carbocycles. The molecular formula is C14H23N3OS. The fraction of sp³-hybridized carbons (Fsp3) is 0.714. The SMILES string of the molecule is Cc1ncc(C(=O)NCCN2C[C@H](C)C[C@H](C)C2)s1. The summed E-state index contributed by atoms with van der Waals surface area (Å²) in [5, 5.41) is 3.91. The van der Waals surface area contributed by atoms with Gasteiger partial charge in [-0.15, -0.1) is 11.3 Å². The summed E-state index contributed by atoms with van der Waals surface area (Å²) in [6.45, 7) is 10.5. The first-order chi connectivity index (χ1) is 9.04. The van der Waals surface area contributed by atoms with Crippen LogP contribution in [0.25, 0.3) is 0 Å². The van der Waals surface area contributed by atoms with Crippen molar-refractivity contribution in [1.29, 1.82) is 0 Å². The summed E-state index contributed by atoms with van der Waals surface area (Å²) < 4.78 is 0. The third-order valence-electron chi connectivity index (χ3n) is 3.50. The largest absolute Gasteiger partial charge is 0.350 e. The molecule has 2 rings (SSSR count). The van der Waals surface area contributed by atoms with Gasteiger partial charge in [0.15, 0.2) is 0 Å². The molecule has 1 aromatic rings. The van der Waals surface area contributed by atoms with E-state index in [1.165, 1.54) is 17.8 Å². The van der Waals surface area contributed by atoms with Gasteiger partial charge in [0.25, 0.3) is 5.91 Å². The second-order valence-corrected chi connectivity index (χ2v) is 6.94. The van der Waals surface area contributed by atoms with Crippen LogP contribution in [0.5, 0.6) is 0 Å². The number of aromatic nitrogens is 1. The standard InChI is InChI=1S/C14H23N3OS/c1-10-6-11(2)9-17(8-10)5-4-15-14(18)13-7-16-12(3)19-13/h7,10-11H,4-6,8-9H2,1-3H3,(H,15,18)/t10-,11+. The van der Waals surface area contributed by atoms with E-state index in [0.29, 0.717) is 4.88 Å². The average molecular weight is 281 g/mol. The Kier molecular flexibility index (Phi) is 4.93. The van der Waals surface area contributed by atoms with Crippen molar-refractivity contribution in [3.8, 4) is 0 Å². The number of nitrogens with zero attached hydrogens (tertiary/aromatic N) is 2. The van der Waals surface area contributed by atoms with E-state index in [4.69, 9.17) is 0 Å². The highest BCUT2D eigenvalue weighted by Gasteiger charge is 2.21. The van der Waals surface area contributed by atoms with Crippen molar-refractivity contribution in [2.24, 2.45) is 11.8 Å². The molecule has 5 heteroatoms. The van der Waals surface area contributed by atoms with Gasteiger partial charge in [0, 0.05) is 26.2 Å². The molecule has 4 nitrogen and oxygen atoms in total. The lowest BCUT2D eigenvalue weighted by Gasteiger charge is -2.34. The Morgan fingerprint density at radius 1 is 1.47 bits per heavy atom. The fourth-order valence-corrected chi connectivity index (χ4v) is 3.55. The Labute approximate surface area is 119 Å². The summed E-state index contributed by atoms with van der Waals surface area (Å²) in [4.78, 5) is 19.1. The lowest BCUT2D eigenvalue weighted by Crippen LogP contribution is -2.42.